The molecule has 0 saturated heterocycles. The van der Waals surface area contributed by atoms with Crippen LogP contribution in [0.15, 0.2) is 12.1 Å². The molecular formula is C12H18N4O4. The first-order valence-corrected chi connectivity index (χ1v) is 6.11. The summed E-state index contributed by atoms with van der Waals surface area (Å²) in [4.78, 5) is 27.8. The summed E-state index contributed by atoms with van der Waals surface area (Å²) in [7, 11) is 3.07. The van der Waals surface area contributed by atoms with Crippen LogP contribution >= 0.6 is 0 Å². The Hall–Kier alpha value is -2.38. The van der Waals surface area contributed by atoms with Crippen molar-refractivity contribution in [1.82, 2.24) is 9.88 Å². The highest BCUT2D eigenvalue weighted by atomic mass is 16.6. The molecule has 1 N–H and O–H groups in total. The van der Waals surface area contributed by atoms with E-state index < -0.39 is 11.0 Å². The Kier molecular flexibility index (Phi) is 5.24. The molecule has 0 aliphatic rings. The molecule has 1 unspecified atom stereocenters. The maximum atomic E-state index is 11.9. The number of ether oxygens (including phenoxy) is 1. The van der Waals surface area contributed by atoms with Gasteiger partial charge in [-0.2, -0.15) is 4.98 Å². The van der Waals surface area contributed by atoms with E-state index in [2.05, 4.69) is 10.3 Å². The first-order chi connectivity index (χ1) is 9.40. The standard InChI is InChI=1S/C12H18N4O4/c1-5-15(3)12(17)8(2)13-11-9(16(18)19)6-7-10(14-11)20-4/h6-8H,5H2,1-4H3,(H,13,14). The Morgan fingerprint density at radius 3 is 2.75 bits per heavy atom. The van der Waals surface area contributed by atoms with E-state index >= 15 is 0 Å². The molecule has 8 nitrogen and oxygen atoms in total. The molecule has 0 bridgehead atoms. The van der Waals surface area contributed by atoms with Crippen molar-refractivity contribution in [2.24, 2.45) is 0 Å². The number of nitro groups is 1. The molecule has 20 heavy (non-hydrogen) atoms. The first kappa shape index (κ1) is 15.7. The number of hydrogen-bond acceptors (Lipinski definition) is 6. The number of amides is 1. The largest absolute Gasteiger partial charge is 0.481 e. The molecule has 0 radical (unpaired) electrons. The predicted molar refractivity (Wildman–Crippen MR) is 73.8 cm³/mol. The molecule has 1 amide bonds. The van der Waals surface area contributed by atoms with Gasteiger partial charge >= 0.3 is 5.69 Å². The fourth-order valence-electron chi connectivity index (χ4n) is 1.55. The molecule has 1 heterocycles. The van der Waals surface area contributed by atoms with E-state index in [4.69, 9.17) is 4.74 Å². The molecule has 0 aliphatic heterocycles. The molecule has 0 fully saturated rings. The van der Waals surface area contributed by atoms with Gasteiger partial charge in [0.2, 0.25) is 17.6 Å². The van der Waals surface area contributed by atoms with Crippen LogP contribution in [0.4, 0.5) is 11.5 Å². The van der Waals surface area contributed by atoms with Crippen LogP contribution in [0.2, 0.25) is 0 Å². The fourth-order valence-corrected chi connectivity index (χ4v) is 1.55. The lowest BCUT2D eigenvalue weighted by Crippen LogP contribution is -2.39. The summed E-state index contributed by atoms with van der Waals surface area (Å²) < 4.78 is 4.93. The van der Waals surface area contributed by atoms with Gasteiger partial charge in [-0.05, 0) is 13.8 Å². The van der Waals surface area contributed by atoms with E-state index in [9.17, 15) is 14.9 Å². The highest BCUT2D eigenvalue weighted by Crippen LogP contribution is 2.25. The van der Waals surface area contributed by atoms with Gasteiger partial charge in [0.05, 0.1) is 12.0 Å². The van der Waals surface area contributed by atoms with Crippen molar-refractivity contribution in [1.29, 1.82) is 0 Å². The summed E-state index contributed by atoms with van der Waals surface area (Å²) in [5, 5.41) is 13.7. The van der Waals surface area contributed by atoms with E-state index in [0.29, 0.717) is 6.54 Å². The number of pyridine rings is 1. The van der Waals surface area contributed by atoms with Crippen LogP contribution in [-0.2, 0) is 4.79 Å². The number of carbonyl (C=O) groups is 1. The molecule has 0 aromatic carbocycles. The second-order valence-corrected chi connectivity index (χ2v) is 4.20. The van der Waals surface area contributed by atoms with Gasteiger partial charge in [0.25, 0.3) is 0 Å². The third-order valence-electron chi connectivity index (χ3n) is 2.83. The number of nitrogens with zero attached hydrogens (tertiary/aromatic N) is 3. The second kappa shape index (κ2) is 6.69. The van der Waals surface area contributed by atoms with Gasteiger partial charge in [-0.15, -0.1) is 0 Å². The summed E-state index contributed by atoms with van der Waals surface area (Å²) in [5.74, 6) is 0.0766. The molecule has 8 heteroatoms. The van der Waals surface area contributed by atoms with Crippen molar-refractivity contribution >= 4 is 17.4 Å². The Morgan fingerprint density at radius 2 is 2.25 bits per heavy atom. The number of anilines is 1. The van der Waals surface area contributed by atoms with Crippen LogP contribution in [0.3, 0.4) is 0 Å². The zero-order valence-corrected chi connectivity index (χ0v) is 11.9. The third-order valence-corrected chi connectivity index (χ3v) is 2.83. The number of nitrogens with one attached hydrogen (secondary N) is 1. The van der Waals surface area contributed by atoms with Crippen molar-refractivity contribution in [2.45, 2.75) is 19.9 Å². The lowest BCUT2D eigenvalue weighted by Gasteiger charge is -2.20. The van der Waals surface area contributed by atoms with Crippen LogP contribution < -0.4 is 10.1 Å². The highest BCUT2D eigenvalue weighted by Gasteiger charge is 2.22. The van der Waals surface area contributed by atoms with Crippen LogP contribution in [0.25, 0.3) is 0 Å². The van der Waals surface area contributed by atoms with Gasteiger partial charge in [0.1, 0.15) is 6.04 Å². The summed E-state index contributed by atoms with van der Waals surface area (Å²) in [6, 6.07) is 2.06. The normalized spacial score (nSPS) is 11.6. The van der Waals surface area contributed by atoms with Crippen molar-refractivity contribution in [3.05, 3.63) is 22.2 Å². The van der Waals surface area contributed by atoms with Gasteiger partial charge in [-0.3, -0.25) is 14.9 Å². The average molecular weight is 282 g/mol. The number of carbonyl (C=O) groups excluding carboxylic acids is 1. The average Bonchev–Trinajstić information content (AvgIpc) is 2.44. The van der Waals surface area contributed by atoms with Gasteiger partial charge in [-0.1, -0.05) is 0 Å². The van der Waals surface area contributed by atoms with Crippen LogP contribution in [0.1, 0.15) is 13.8 Å². The minimum Gasteiger partial charge on any atom is -0.481 e. The first-order valence-electron chi connectivity index (χ1n) is 6.11. The highest BCUT2D eigenvalue weighted by molar-refractivity contribution is 5.84. The maximum absolute atomic E-state index is 11.9. The Bertz CT molecular complexity index is 506. The summed E-state index contributed by atoms with van der Waals surface area (Å²) in [6.45, 7) is 4.02. The van der Waals surface area contributed by atoms with Crippen LogP contribution in [0.5, 0.6) is 5.88 Å². The SMILES string of the molecule is CCN(C)C(=O)C(C)Nc1nc(OC)ccc1[N+](=O)[O-]. The lowest BCUT2D eigenvalue weighted by atomic mass is 10.2. The molecular weight excluding hydrogens is 264 g/mol. The number of likely N-dealkylation sites (N-methyl/N-ethyl adjacent to an activating group) is 1. The molecule has 0 saturated carbocycles. The number of rotatable bonds is 6. The quantitative estimate of drug-likeness (QED) is 0.623. The zero-order chi connectivity index (χ0) is 15.3. The Morgan fingerprint density at radius 1 is 1.60 bits per heavy atom. The van der Waals surface area contributed by atoms with Gasteiger partial charge in [0.15, 0.2) is 0 Å². The second-order valence-electron chi connectivity index (χ2n) is 4.20. The molecule has 1 aromatic heterocycles. The van der Waals surface area contributed by atoms with E-state index in [1.165, 1.54) is 24.1 Å². The molecule has 1 rings (SSSR count). The summed E-state index contributed by atoms with van der Waals surface area (Å²) in [6.07, 6.45) is 0. The predicted octanol–water partition coefficient (Wildman–Crippen LogP) is 1.28. The topological polar surface area (TPSA) is 97.6 Å². The Labute approximate surface area is 116 Å². The van der Waals surface area contributed by atoms with Crippen LogP contribution in [-0.4, -0.2) is 47.5 Å². The summed E-state index contributed by atoms with van der Waals surface area (Å²) >= 11 is 0. The van der Waals surface area contributed by atoms with Crippen molar-refractivity contribution in [2.75, 3.05) is 26.0 Å². The number of methoxy groups -OCH3 is 1. The fraction of sp³-hybridized carbons (Fsp3) is 0.500. The maximum Gasteiger partial charge on any atom is 0.311 e. The molecule has 1 atom stereocenters. The zero-order valence-electron chi connectivity index (χ0n) is 11.9. The molecule has 0 spiro atoms. The lowest BCUT2D eigenvalue weighted by molar-refractivity contribution is -0.384. The smallest absolute Gasteiger partial charge is 0.311 e. The van der Waals surface area contributed by atoms with Gasteiger partial charge < -0.3 is 15.0 Å². The van der Waals surface area contributed by atoms with Gasteiger partial charge in [0, 0.05) is 25.7 Å². The van der Waals surface area contributed by atoms with E-state index in [1.54, 1.807) is 14.0 Å². The van der Waals surface area contributed by atoms with Gasteiger partial charge in [-0.25, -0.2) is 0 Å². The summed E-state index contributed by atoms with van der Waals surface area (Å²) in [5.41, 5.74) is -0.204. The van der Waals surface area contributed by atoms with E-state index in [1.807, 2.05) is 6.92 Å². The van der Waals surface area contributed by atoms with Crippen molar-refractivity contribution < 1.29 is 14.5 Å². The number of hydrogen-bond donors (Lipinski definition) is 1. The van der Waals surface area contributed by atoms with Crippen molar-refractivity contribution in [3.8, 4) is 5.88 Å². The molecule has 1 aromatic rings. The Balaban J connectivity index is 3.00. The molecule has 110 valence electrons. The number of aromatic nitrogens is 1. The van der Waals surface area contributed by atoms with Crippen LogP contribution in [0, 0.1) is 10.1 Å². The minimum atomic E-state index is -0.627. The monoisotopic (exact) mass is 282 g/mol. The van der Waals surface area contributed by atoms with E-state index in [0.717, 1.165) is 0 Å². The third kappa shape index (κ3) is 3.56. The van der Waals surface area contributed by atoms with E-state index in [-0.39, 0.29) is 23.3 Å². The molecule has 0 aliphatic carbocycles. The van der Waals surface area contributed by atoms with Crippen molar-refractivity contribution in [3.63, 3.8) is 0 Å². The minimum absolute atomic E-state index is 0.0136.